The first kappa shape index (κ1) is 13.3. The van der Waals surface area contributed by atoms with Crippen LogP contribution in [-0.2, 0) is 19.1 Å². The Labute approximate surface area is 106 Å². The highest BCUT2D eigenvalue weighted by atomic mass is 16.6. The van der Waals surface area contributed by atoms with Crippen LogP contribution in [0.25, 0.3) is 0 Å². The molecule has 1 amide bonds. The number of nitrogens with one attached hydrogen (secondary N) is 2. The summed E-state index contributed by atoms with van der Waals surface area (Å²) in [5.41, 5.74) is -1.51. The number of amides is 1. The average Bonchev–Trinajstić information content (AvgIpc) is 2.34. The van der Waals surface area contributed by atoms with Crippen molar-refractivity contribution in [3.63, 3.8) is 0 Å². The molecule has 2 fully saturated rings. The molecular formula is C12H20N2O4. The van der Waals surface area contributed by atoms with Gasteiger partial charge in [-0.05, 0) is 20.8 Å². The van der Waals surface area contributed by atoms with Gasteiger partial charge in [0.1, 0.15) is 5.60 Å². The molecule has 2 aliphatic heterocycles. The quantitative estimate of drug-likeness (QED) is 0.623. The fourth-order valence-corrected chi connectivity index (χ4v) is 2.17. The van der Waals surface area contributed by atoms with Crippen LogP contribution in [0.1, 0.15) is 27.2 Å². The van der Waals surface area contributed by atoms with E-state index < -0.39 is 11.1 Å². The van der Waals surface area contributed by atoms with Gasteiger partial charge in [-0.25, -0.2) is 4.79 Å². The lowest BCUT2D eigenvalue weighted by molar-refractivity contribution is -0.169. The van der Waals surface area contributed by atoms with Gasteiger partial charge in [-0.1, -0.05) is 0 Å². The molecule has 6 nitrogen and oxygen atoms in total. The number of carbonyl (C=O) groups excluding carboxylic acids is 2. The van der Waals surface area contributed by atoms with Crippen molar-refractivity contribution in [2.24, 2.45) is 0 Å². The number of esters is 1. The second-order valence-corrected chi connectivity index (χ2v) is 5.92. The van der Waals surface area contributed by atoms with Crippen LogP contribution in [-0.4, -0.2) is 48.8 Å². The molecule has 2 atom stereocenters. The predicted molar refractivity (Wildman–Crippen MR) is 63.9 cm³/mol. The fourth-order valence-electron chi connectivity index (χ4n) is 2.17. The van der Waals surface area contributed by atoms with Gasteiger partial charge in [0.15, 0.2) is 5.54 Å². The van der Waals surface area contributed by atoms with Crippen molar-refractivity contribution in [1.82, 2.24) is 10.6 Å². The maximum absolute atomic E-state index is 12.3. The summed E-state index contributed by atoms with van der Waals surface area (Å²) in [5, 5.41) is 5.94. The molecule has 2 aliphatic rings. The van der Waals surface area contributed by atoms with E-state index in [4.69, 9.17) is 9.47 Å². The first-order chi connectivity index (χ1) is 8.31. The normalized spacial score (nSPS) is 32.4. The van der Waals surface area contributed by atoms with Crippen molar-refractivity contribution in [3.8, 4) is 0 Å². The molecule has 0 radical (unpaired) electrons. The molecular weight excluding hydrogens is 236 g/mol. The Hall–Kier alpha value is -1.14. The van der Waals surface area contributed by atoms with Gasteiger partial charge < -0.3 is 14.8 Å². The van der Waals surface area contributed by atoms with Gasteiger partial charge in [0, 0.05) is 19.0 Å². The van der Waals surface area contributed by atoms with Crippen LogP contribution in [0.15, 0.2) is 0 Å². The van der Waals surface area contributed by atoms with Crippen LogP contribution in [0.4, 0.5) is 0 Å². The summed E-state index contributed by atoms with van der Waals surface area (Å²) in [6.45, 7) is 6.32. The number of hydrogen-bond donors (Lipinski definition) is 2. The van der Waals surface area contributed by atoms with Crippen LogP contribution in [0.5, 0.6) is 0 Å². The molecule has 2 bridgehead atoms. The predicted octanol–water partition coefficient (Wildman–Crippen LogP) is -0.425. The van der Waals surface area contributed by atoms with Crippen molar-refractivity contribution in [1.29, 1.82) is 0 Å². The molecule has 0 saturated carbocycles. The Morgan fingerprint density at radius 3 is 2.89 bits per heavy atom. The number of hydrogen-bond acceptors (Lipinski definition) is 5. The molecule has 0 aliphatic carbocycles. The van der Waals surface area contributed by atoms with Gasteiger partial charge in [0.2, 0.25) is 5.91 Å². The molecule has 0 aromatic heterocycles. The summed E-state index contributed by atoms with van der Waals surface area (Å²) < 4.78 is 10.9. The van der Waals surface area contributed by atoms with E-state index in [1.807, 2.05) is 20.8 Å². The van der Waals surface area contributed by atoms with Gasteiger partial charge in [0.25, 0.3) is 0 Å². The van der Waals surface area contributed by atoms with Crippen molar-refractivity contribution >= 4 is 11.9 Å². The van der Waals surface area contributed by atoms with Gasteiger partial charge in [-0.15, -0.1) is 0 Å². The van der Waals surface area contributed by atoms with Gasteiger partial charge >= 0.3 is 5.97 Å². The molecule has 102 valence electrons. The van der Waals surface area contributed by atoms with Crippen LogP contribution < -0.4 is 10.6 Å². The summed E-state index contributed by atoms with van der Waals surface area (Å²) in [7, 11) is 0. The largest absolute Gasteiger partial charge is 0.458 e. The zero-order valence-electron chi connectivity index (χ0n) is 11.0. The monoisotopic (exact) mass is 256 g/mol. The van der Waals surface area contributed by atoms with E-state index in [1.54, 1.807) is 0 Å². The maximum atomic E-state index is 12.3. The molecule has 0 aromatic carbocycles. The zero-order chi connectivity index (χ0) is 13.4. The third-order valence-electron chi connectivity index (χ3n) is 2.96. The molecule has 2 heterocycles. The van der Waals surface area contributed by atoms with Crippen molar-refractivity contribution < 1.29 is 19.1 Å². The summed E-state index contributed by atoms with van der Waals surface area (Å²) in [6, 6.07) is -0.131. The lowest BCUT2D eigenvalue weighted by Gasteiger charge is -2.39. The topological polar surface area (TPSA) is 76.7 Å². The SMILES string of the molecule is CC(C)(C)OC(=O)C12CNC(=O)CC(COC1)N2. The Morgan fingerprint density at radius 1 is 1.50 bits per heavy atom. The van der Waals surface area contributed by atoms with Crippen LogP contribution in [0.2, 0.25) is 0 Å². The van der Waals surface area contributed by atoms with E-state index in [1.165, 1.54) is 0 Å². The van der Waals surface area contributed by atoms with E-state index in [0.29, 0.717) is 13.0 Å². The number of ether oxygens (including phenoxy) is 2. The van der Waals surface area contributed by atoms with Crippen molar-refractivity contribution in [2.75, 3.05) is 19.8 Å². The summed E-state index contributed by atoms with van der Waals surface area (Å²) in [6.07, 6.45) is 0.324. The Balaban J connectivity index is 2.17. The molecule has 18 heavy (non-hydrogen) atoms. The first-order valence-corrected chi connectivity index (χ1v) is 6.16. The third-order valence-corrected chi connectivity index (χ3v) is 2.96. The highest BCUT2D eigenvalue weighted by Gasteiger charge is 2.48. The Kier molecular flexibility index (Phi) is 3.33. The number of morpholine rings is 1. The average molecular weight is 256 g/mol. The highest BCUT2D eigenvalue weighted by molar-refractivity contribution is 5.85. The fraction of sp³-hybridized carbons (Fsp3) is 0.833. The minimum Gasteiger partial charge on any atom is -0.458 e. The van der Waals surface area contributed by atoms with E-state index in [-0.39, 0.29) is 31.1 Å². The number of fused-ring (bicyclic) bond motifs is 2. The van der Waals surface area contributed by atoms with E-state index >= 15 is 0 Å². The van der Waals surface area contributed by atoms with Gasteiger partial charge in [-0.3, -0.25) is 10.1 Å². The standard InChI is InChI=1S/C12H20N2O4/c1-11(2,3)18-10(16)12-6-13-9(15)4-8(14-12)5-17-7-12/h8,14H,4-7H2,1-3H3,(H,13,15). The summed E-state index contributed by atoms with van der Waals surface area (Å²) in [5.74, 6) is -0.440. The maximum Gasteiger partial charge on any atom is 0.331 e. The highest BCUT2D eigenvalue weighted by Crippen LogP contribution is 2.21. The van der Waals surface area contributed by atoms with Crippen LogP contribution in [0, 0.1) is 0 Å². The second kappa shape index (κ2) is 4.51. The molecule has 0 spiro atoms. The minimum atomic E-state index is -0.956. The molecule has 2 N–H and O–H groups in total. The Bertz CT molecular complexity index is 364. The third kappa shape index (κ3) is 2.81. The summed E-state index contributed by atoms with van der Waals surface area (Å²) in [4.78, 5) is 23.8. The number of carbonyl (C=O) groups is 2. The lowest BCUT2D eigenvalue weighted by Crippen LogP contribution is -2.66. The smallest absolute Gasteiger partial charge is 0.331 e. The van der Waals surface area contributed by atoms with Crippen molar-refractivity contribution in [2.45, 2.75) is 44.4 Å². The van der Waals surface area contributed by atoms with E-state index in [0.717, 1.165) is 0 Å². The zero-order valence-corrected chi connectivity index (χ0v) is 11.0. The van der Waals surface area contributed by atoms with Gasteiger partial charge in [0.05, 0.1) is 13.2 Å². The molecule has 2 saturated heterocycles. The van der Waals surface area contributed by atoms with Gasteiger partial charge in [-0.2, -0.15) is 0 Å². The number of rotatable bonds is 1. The van der Waals surface area contributed by atoms with Crippen LogP contribution in [0.3, 0.4) is 0 Å². The van der Waals surface area contributed by atoms with E-state index in [9.17, 15) is 9.59 Å². The first-order valence-electron chi connectivity index (χ1n) is 6.16. The molecule has 2 rings (SSSR count). The van der Waals surface area contributed by atoms with E-state index in [2.05, 4.69) is 10.6 Å². The Morgan fingerprint density at radius 2 is 2.22 bits per heavy atom. The molecule has 0 aromatic rings. The lowest BCUT2D eigenvalue weighted by atomic mass is 9.97. The van der Waals surface area contributed by atoms with Crippen LogP contribution >= 0.6 is 0 Å². The molecule has 6 heteroatoms. The summed E-state index contributed by atoms with van der Waals surface area (Å²) >= 11 is 0. The molecule has 2 unspecified atom stereocenters. The minimum absolute atomic E-state index is 0.0663. The second-order valence-electron chi connectivity index (χ2n) is 5.92. The van der Waals surface area contributed by atoms with Crippen molar-refractivity contribution in [3.05, 3.63) is 0 Å².